The number of fused-ring (bicyclic) bond motifs is 1. The third-order valence-electron chi connectivity index (χ3n) is 3.93. The first-order valence-electron chi connectivity index (χ1n) is 8.38. The molecule has 3 rings (SSSR count). The van der Waals surface area contributed by atoms with Gasteiger partial charge in [-0.3, -0.25) is 19.7 Å². The number of carbonyl (C=O) groups is 2. The molecular weight excluding hydrogens is 409 g/mol. The average molecular weight is 422 g/mol. The zero-order chi connectivity index (χ0) is 21.9. The first-order chi connectivity index (χ1) is 14.2. The smallest absolute Gasteiger partial charge is 0.449 e. The van der Waals surface area contributed by atoms with Crippen LogP contribution in [0.15, 0.2) is 48.5 Å². The quantitative estimate of drug-likeness (QED) is 0.371. The minimum Gasteiger partial charge on any atom is -0.454 e. The van der Waals surface area contributed by atoms with Crippen molar-refractivity contribution in [1.29, 1.82) is 0 Å². The Morgan fingerprint density at radius 1 is 1.13 bits per heavy atom. The average Bonchev–Trinajstić information content (AvgIpc) is 3.06. The number of alkyl halides is 3. The molecule has 0 fully saturated rings. The summed E-state index contributed by atoms with van der Waals surface area (Å²) in [5.41, 5.74) is -0.349. The van der Waals surface area contributed by atoms with E-state index in [1.54, 1.807) is 0 Å². The monoisotopic (exact) mass is 422 g/mol. The molecule has 0 bridgehead atoms. The van der Waals surface area contributed by atoms with Crippen LogP contribution in [0.25, 0.3) is 11.0 Å². The van der Waals surface area contributed by atoms with Gasteiger partial charge in [0.2, 0.25) is 5.82 Å². The first kappa shape index (κ1) is 20.8. The van der Waals surface area contributed by atoms with Crippen LogP contribution in [0.5, 0.6) is 0 Å². The van der Waals surface area contributed by atoms with Gasteiger partial charge in [-0.2, -0.15) is 13.2 Å². The van der Waals surface area contributed by atoms with Gasteiger partial charge < -0.3 is 14.6 Å². The standard InChI is InChI=1S/C18H13F3N4O5/c19-18(20,21)17-23-11-5-1-3-7-13(11)24(17)9-16(27)30-10-15(26)22-12-6-2-4-8-14(12)25(28)29/h1-8H,9-10H2,(H,22,26). The molecule has 30 heavy (non-hydrogen) atoms. The van der Waals surface area contributed by atoms with Gasteiger partial charge in [0.05, 0.1) is 16.0 Å². The first-order valence-corrected chi connectivity index (χ1v) is 8.38. The van der Waals surface area contributed by atoms with E-state index >= 15 is 0 Å². The van der Waals surface area contributed by atoms with Crippen molar-refractivity contribution >= 4 is 34.3 Å². The summed E-state index contributed by atoms with van der Waals surface area (Å²) in [5, 5.41) is 13.1. The summed E-state index contributed by atoms with van der Waals surface area (Å²) in [6.45, 7) is -1.66. The number of nitro groups is 1. The normalized spacial score (nSPS) is 11.3. The third kappa shape index (κ3) is 4.54. The molecule has 0 saturated heterocycles. The Balaban J connectivity index is 1.68. The van der Waals surface area contributed by atoms with Crippen LogP contribution < -0.4 is 5.32 Å². The van der Waals surface area contributed by atoms with Gasteiger partial charge in [0.1, 0.15) is 12.2 Å². The summed E-state index contributed by atoms with van der Waals surface area (Å²) in [7, 11) is 0. The number of esters is 1. The Morgan fingerprint density at radius 3 is 2.50 bits per heavy atom. The summed E-state index contributed by atoms with van der Waals surface area (Å²) in [4.78, 5) is 37.7. The number of hydrogen-bond donors (Lipinski definition) is 1. The number of ether oxygens (including phenoxy) is 1. The van der Waals surface area contributed by atoms with Crippen LogP contribution in [-0.2, 0) is 27.0 Å². The topological polar surface area (TPSA) is 116 Å². The zero-order valence-corrected chi connectivity index (χ0v) is 15.0. The van der Waals surface area contributed by atoms with Gasteiger partial charge in [0.15, 0.2) is 6.61 Å². The van der Waals surface area contributed by atoms with Gasteiger partial charge in [-0.05, 0) is 18.2 Å². The number of para-hydroxylation sites is 4. The minimum absolute atomic E-state index is 0.0479. The number of nitro benzene ring substituents is 1. The number of rotatable bonds is 6. The predicted octanol–water partition coefficient (Wildman–Crippen LogP) is 3.15. The molecule has 0 aliphatic heterocycles. The lowest BCUT2D eigenvalue weighted by Gasteiger charge is -2.11. The van der Waals surface area contributed by atoms with E-state index in [-0.39, 0.29) is 22.4 Å². The molecule has 9 nitrogen and oxygen atoms in total. The van der Waals surface area contributed by atoms with E-state index in [0.29, 0.717) is 4.57 Å². The zero-order valence-electron chi connectivity index (χ0n) is 15.0. The van der Waals surface area contributed by atoms with E-state index in [0.717, 1.165) is 0 Å². The number of anilines is 1. The van der Waals surface area contributed by atoms with Crippen molar-refractivity contribution in [3.05, 3.63) is 64.5 Å². The van der Waals surface area contributed by atoms with Gasteiger partial charge in [-0.25, -0.2) is 4.98 Å². The van der Waals surface area contributed by atoms with Crippen molar-refractivity contribution in [3.8, 4) is 0 Å². The van der Waals surface area contributed by atoms with Crippen LogP contribution in [0.3, 0.4) is 0 Å². The molecule has 0 unspecified atom stereocenters. The lowest BCUT2D eigenvalue weighted by molar-refractivity contribution is -0.383. The number of hydrogen-bond acceptors (Lipinski definition) is 6. The van der Waals surface area contributed by atoms with Crippen LogP contribution in [0.2, 0.25) is 0 Å². The summed E-state index contributed by atoms with van der Waals surface area (Å²) >= 11 is 0. The molecule has 1 aromatic heterocycles. The molecule has 0 spiro atoms. The lowest BCUT2D eigenvalue weighted by Crippen LogP contribution is -2.25. The number of amides is 1. The lowest BCUT2D eigenvalue weighted by atomic mass is 10.2. The van der Waals surface area contributed by atoms with E-state index < -0.39 is 42.0 Å². The second-order valence-electron chi connectivity index (χ2n) is 5.99. The number of nitrogens with one attached hydrogen (secondary N) is 1. The summed E-state index contributed by atoms with van der Waals surface area (Å²) in [5.74, 6) is -3.27. The molecule has 1 heterocycles. The molecule has 0 aliphatic rings. The molecule has 3 aromatic rings. The summed E-state index contributed by atoms with van der Waals surface area (Å²) in [6.07, 6.45) is -4.80. The van der Waals surface area contributed by atoms with Crippen molar-refractivity contribution in [1.82, 2.24) is 9.55 Å². The Labute approximate surface area is 166 Å². The highest BCUT2D eigenvalue weighted by molar-refractivity contribution is 5.94. The van der Waals surface area contributed by atoms with Crippen LogP contribution >= 0.6 is 0 Å². The van der Waals surface area contributed by atoms with Crippen molar-refractivity contribution in [2.24, 2.45) is 0 Å². The number of halogens is 3. The molecule has 1 amide bonds. The van der Waals surface area contributed by atoms with E-state index in [1.165, 1.54) is 48.5 Å². The molecule has 0 atom stereocenters. The van der Waals surface area contributed by atoms with Gasteiger partial charge >= 0.3 is 12.1 Å². The highest BCUT2D eigenvalue weighted by Crippen LogP contribution is 2.31. The predicted molar refractivity (Wildman–Crippen MR) is 97.4 cm³/mol. The molecule has 0 saturated carbocycles. The molecule has 2 aromatic carbocycles. The summed E-state index contributed by atoms with van der Waals surface area (Å²) in [6, 6.07) is 11.0. The highest BCUT2D eigenvalue weighted by Gasteiger charge is 2.38. The number of nitrogens with zero attached hydrogens (tertiary/aromatic N) is 3. The van der Waals surface area contributed by atoms with E-state index in [4.69, 9.17) is 4.74 Å². The van der Waals surface area contributed by atoms with Gasteiger partial charge in [0, 0.05) is 6.07 Å². The van der Waals surface area contributed by atoms with E-state index in [1.807, 2.05) is 0 Å². The van der Waals surface area contributed by atoms with Gasteiger partial charge in [-0.15, -0.1) is 0 Å². The molecule has 1 N–H and O–H groups in total. The molecule has 0 aliphatic carbocycles. The second-order valence-corrected chi connectivity index (χ2v) is 5.99. The number of aromatic nitrogens is 2. The maximum atomic E-state index is 13.2. The fourth-order valence-corrected chi connectivity index (χ4v) is 2.70. The molecule has 12 heteroatoms. The van der Waals surface area contributed by atoms with Crippen LogP contribution in [0.1, 0.15) is 5.82 Å². The van der Waals surface area contributed by atoms with Crippen molar-refractivity contribution in [3.63, 3.8) is 0 Å². The molecule has 156 valence electrons. The fourth-order valence-electron chi connectivity index (χ4n) is 2.70. The molecule has 0 radical (unpaired) electrons. The Bertz CT molecular complexity index is 1130. The SMILES string of the molecule is O=C(COC(=O)Cn1c(C(F)(F)F)nc2ccccc21)Nc1ccccc1[N+](=O)[O-]. The Morgan fingerprint density at radius 2 is 1.80 bits per heavy atom. The van der Waals surface area contributed by atoms with Crippen molar-refractivity contribution in [2.75, 3.05) is 11.9 Å². The van der Waals surface area contributed by atoms with E-state index in [9.17, 15) is 32.9 Å². The van der Waals surface area contributed by atoms with E-state index in [2.05, 4.69) is 10.3 Å². The second kappa shape index (κ2) is 8.19. The van der Waals surface area contributed by atoms with Gasteiger partial charge in [-0.1, -0.05) is 24.3 Å². The highest BCUT2D eigenvalue weighted by atomic mass is 19.4. The Kier molecular flexibility index (Phi) is 5.67. The molecular formula is C18H13F3N4O5. The van der Waals surface area contributed by atoms with Crippen LogP contribution in [0, 0.1) is 10.1 Å². The number of carbonyl (C=O) groups excluding carboxylic acids is 2. The fraction of sp³-hybridized carbons (Fsp3) is 0.167. The maximum Gasteiger partial charge on any atom is 0.449 e. The van der Waals surface area contributed by atoms with Crippen LogP contribution in [0.4, 0.5) is 24.5 Å². The maximum absolute atomic E-state index is 13.2. The van der Waals surface area contributed by atoms with Crippen molar-refractivity contribution in [2.45, 2.75) is 12.7 Å². The van der Waals surface area contributed by atoms with Crippen LogP contribution in [-0.4, -0.2) is 33.0 Å². The minimum atomic E-state index is -4.80. The summed E-state index contributed by atoms with van der Waals surface area (Å²) < 4.78 is 45.1. The largest absolute Gasteiger partial charge is 0.454 e. The van der Waals surface area contributed by atoms with Crippen molar-refractivity contribution < 1.29 is 32.4 Å². The third-order valence-corrected chi connectivity index (χ3v) is 3.93. The number of imidazole rings is 1. The number of benzene rings is 2. The van der Waals surface area contributed by atoms with Gasteiger partial charge in [0.25, 0.3) is 11.6 Å². The Hall–Kier alpha value is -3.96.